The predicted octanol–water partition coefficient (Wildman–Crippen LogP) is 2.60. The highest BCUT2D eigenvalue weighted by molar-refractivity contribution is 5.69. The van der Waals surface area contributed by atoms with E-state index in [0.717, 1.165) is 11.1 Å². The Morgan fingerprint density at radius 2 is 1.55 bits per heavy atom. The van der Waals surface area contributed by atoms with Gasteiger partial charge in [0.2, 0.25) is 0 Å². The first-order valence-corrected chi connectivity index (χ1v) is 6.68. The van der Waals surface area contributed by atoms with Gasteiger partial charge in [0.05, 0.1) is 6.42 Å². The van der Waals surface area contributed by atoms with E-state index in [1.807, 2.05) is 60.7 Å². The van der Waals surface area contributed by atoms with Gasteiger partial charge in [-0.1, -0.05) is 60.7 Å². The van der Waals surface area contributed by atoms with Gasteiger partial charge in [-0.15, -0.1) is 0 Å². The molecule has 104 valence electrons. The lowest BCUT2D eigenvalue weighted by atomic mass is 9.73. The molecule has 3 heteroatoms. The summed E-state index contributed by atoms with van der Waals surface area (Å²) < 4.78 is 0. The molecule has 2 aromatic carbocycles. The number of carboxylic acid groups (broad SMARTS) is 1. The van der Waals surface area contributed by atoms with Crippen LogP contribution in [0.1, 0.15) is 17.5 Å². The Kier molecular flexibility index (Phi) is 4.53. The van der Waals surface area contributed by atoms with Crippen molar-refractivity contribution in [3.8, 4) is 0 Å². The van der Waals surface area contributed by atoms with E-state index in [1.165, 1.54) is 0 Å². The van der Waals surface area contributed by atoms with Crippen molar-refractivity contribution in [2.75, 3.05) is 6.54 Å². The van der Waals surface area contributed by atoms with Crippen LogP contribution in [-0.4, -0.2) is 17.6 Å². The van der Waals surface area contributed by atoms with Crippen molar-refractivity contribution in [1.29, 1.82) is 0 Å². The second kappa shape index (κ2) is 6.35. The highest BCUT2D eigenvalue weighted by Crippen LogP contribution is 2.31. The summed E-state index contributed by atoms with van der Waals surface area (Å²) in [5, 5.41) is 9.26. The van der Waals surface area contributed by atoms with Crippen LogP contribution in [0.3, 0.4) is 0 Å². The Morgan fingerprint density at radius 3 is 2.05 bits per heavy atom. The van der Waals surface area contributed by atoms with Crippen LogP contribution in [0.25, 0.3) is 0 Å². The molecular weight excluding hydrogens is 250 g/mol. The molecule has 0 spiro atoms. The number of nitrogens with two attached hydrogens (primary N) is 1. The monoisotopic (exact) mass is 269 g/mol. The average Bonchev–Trinajstić information content (AvgIpc) is 2.48. The van der Waals surface area contributed by atoms with E-state index in [4.69, 9.17) is 5.73 Å². The number of aliphatic carboxylic acids is 1. The molecule has 0 fully saturated rings. The van der Waals surface area contributed by atoms with E-state index in [1.54, 1.807) is 0 Å². The van der Waals surface area contributed by atoms with Gasteiger partial charge < -0.3 is 10.8 Å². The van der Waals surface area contributed by atoms with Crippen LogP contribution < -0.4 is 5.73 Å². The Labute approximate surface area is 119 Å². The molecule has 0 aliphatic rings. The summed E-state index contributed by atoms with van der Waals surface area (Å²) in [5.74, 6) is -0.824. The standard InChI is InChI=1S/C17H19NO2/c18-13-17(12-16(19)20,15-9-5-2-6-10-15)11-14-7-3-1-4-8-14/h1-10H,11-13,18H2,(H,19,20). The van der Waals surface area contributed by atoms with Crippen molar-refractivity contribution in [3.05, 3.63) is 71.8 Å². The summed E-state index contributed by atoms with van der Waals surface area (Å²) in [6.07, 6.45) is 0.656. The smallest absolute Gasteiger partial charge is 0.304 e. The van der Waals surface area contributed by atoms with Crippen molar-refractivity contribution >= 4 is 5.97 Å². The molecule has 3 nitrogen and oxygen atoms in total. The molecule has 0 aliphatic carbocycles. The summed E-state index contributed by atoms with van der Waals surface area (Å²) in [5.41, 5.74) is 7.49. The first kappa shape index (κ1) is 14.3. The molecule has 2 rings (SSSR count). The van der Waals surface area contributed by atoms with E-state index in [9.17, 15) is 9.90 Å². The minimum atomic E-state index is -0.824. The molecule has 0 aliphatic heterocycles. The van der Waals surface area contributed by atoms with Crippen LogP contribution in [0.5, 0.6) is 0 Å². The van der Waals surface area contributed by atoms with E-state index < -0.39 is 11.4 Å². The number of carbonyl (C=O) groups is 1. The van der Waals surface area contributed by atoms with Crippen molar-refractivity contribution in [2.45, 2.75) is 18.3 Å². The topological polar surface area (TPSA) is 63.3 Å². The fraction of sp³-hybridized carbons (Fsp3) is 0.235. The zero-order chi connectivity index (χ0) is 14.4. The Balaban J connectivity index is 2.40. The minimum Gasteiger partial charge on any atom is -0.481 e. The van der Waals surface area contributed by atoms with E-state index >= 15 is 0 Å². The normalized spacial score (nSPS) is 13.7. The highest BCUT2D eigenvalue weighted by atomic mass is 16.4. The van der Waals surface area contributed by atoms with E-state index in [2.05, 4.69) is 0 Å². The van der Waals surface area contributed by atoms with Crippen molar-refractivity contribution < 1.29 is 9.90 Å². The number of hydrogen-bond donors (Lipinski definition) is 2. The molecule has 0 saturated carbocycles. The fourth-order valence-electron chi connectivity index (χ4n) is 2.60. The zero-order valence-corrected chi connectivity index (χ0v) is 11.3. The van der Waals surface area contributed by atoms with E-state index in [0.29, 0.717) is 13.0 Å². The number of hydrogen-bond acceptors (Lipinski definition) is 2. The minimum absolute atomic E-state index is 0.0302. The van der Waals surface area contributed by atoms with Gasteiger partial charge in [-0.05, 0) is 17.5 Å². The molecule has 0 radical (unpaired) electrons. The number of rotatable bonds is 6. The average molecular weight is 269 g/mol. The predicted molar refractivity (Wildman–Crippen MR) is 79.6 cm³/mol. The van der Waals surface area contributed by atoms with Crippen LogP contribution in [0.15, 0.2) is 60.7 Å². The SMILES string of the molecule is NCC(CC(=O)O)(Cc1ccccc1)c1ccccc1. The Hall–Kier alpha value is -2.13. The number of carboxylic acids is 1. The third-order valence-corrected chi connectivity index (χ3v) is 3.65. The summed E-state index contributed by atoms with van der Waals surface area (Å²) in [6.45, 7) is 0.304. The molecular formula is C17H19NO2. The molecule has 2 aromatic rings. The lowest BCUT2D eigenvalue weighted by Crippen LogP contribution is -2.39. The molecule has 0 heterocycles. The lowest BCUT2D eigenvalue weighted by molar-refractivity contribution is -0.138. The Bertz CT molecular complexity index is 554. The first-order chi connectivity index (χ1) is 9.66. The van der Waals surface area contributed by atoms with Gasteiger partial charge in [0, 0.05) is 12.0 Å². The molecule has 20 heavy (non-hydrogen) atoms. The number of benzene rings is 2. The summed E-state index contributed by atoms with van der Waals surface area (Å²) in [7, 11) is 0. The van der Waals surface area contributed by atoms with Gasteiger partial charge in [0.1, 0.15) is 0 Å². The Morgan fingerprint density at radius 1 is 1.00 bits per heavy atom. The van der Waals surface area contributed by atoms with E-state index in [-0.39, 0.29) is 6.42 Å². The fourth-order valence-corrected chi connectivity index (χ4v) is 2.60. The second-order valence-corrected chi connectivity index (χ2v) is 5.08. The first-order valence-electron chi connectivity index (χ1n) is 6.68. The molecule has 0 aromatic heterocycles. The van der Waals surface area contributed by atoms with Gasteiger partial charge in [-0.3, -0.25) is 4.79 Å². The summed E-state index contributed by atoms with van der Waals surface area (Å²) in [4.78, 5) is 11.3. The largest absolute Gasteiger partial charge is 0.481 e. The molecule has 1 atom stereocenters. The van der Waals surface area contributed by atoms with Gasteiger partial charge in [0.15, 0.2) is 0 Å². The summed E-state index contributed by atoms with van der Waals surface area (Å²) >= 11 is 0. The van der Waals surface area contributed by atoms with Crippen LogP contribution in [-0.2, 0) is 16.6 Å². The zero-order valence-electron chi connectivity index (χ0n) is 11.3. The molecule has 1 unspecified atom stereocenters. The third kappa shape index (κ3) is 3.25. The maximum absolute atomic E-state index is 11.3. The van der Waals surface area contributed by atoms with Gasteiger partial charge in [0.25, 0.3) is 0 Å². The van der Waals surface area contributed by atoms with Crippen molar-refractivity contribution in [3.63, 3.8) is 0 Å². The van der Waals surface area contributed by atoms with Crippen LogP contribution in [0.2, 0.25) is 0 Å². The lowest BCUT2D eigenvalue weighted by Gasteiger charge is -2.32. The maximum Gasteiger partial charge on any atom is 0.304 e. The van der Waals surface area contributed by atoms with Gasteiger partial charge >= 0.3 is 5.97 Å². The highest BCUT2D eigenvalue weighted by Gasteiger charge is 2.33. The quantitative estimate of drug-likeness (QED) is 0.847. The molecule has 0 saturated heterocycles. The molecule has 0 bridgehead atoms. The second-order valence-electron chi connectivity index (χ2n) is 5.08. The molecule has 0 amide bonds. The van der Waals surface area contributed by atoms with Crippen molar-refractivity contribution in [1.82, 2.24) is 0 Å². The van der Waals surface area contributed by atoms with Gasteiger partial charge in [-0.25, -0.2) is 0 Å². The van der Waals surface area contributed by atoms with Crippen LogP contribution >= 0.6 is 0 Å². The maximum atomic E-state index is 11.3. The van der Waals surface area contributed by atoms with Crippen molar-refractivity contribution in [2.24, 2.45) is 5.73 Å². The van der Waals surface area contributed by atoms with Crippen LogP contribution in [0, 0.1) is 0 Å². The van der Waals surface area contributed by atoms with Crippen LogP contribution in [0.4, 0.5) is 0 Å². The third-order valence-electron chi connectivity index (χ3n) is 3.65. The summed E-state index contributed by atoms with van der Waals surface area (Å²) in [6, 6.07) is 19.6. The van der Waals surface area contributed by atoms with Gasteiger partial charge in [-0.2, -0.15) is 0 Å². The molecule has 3 N–H and O–H groups in total.